The van der Waals surface area contributed by atoms with Gasteiger partial charge >= 0.3 is 0 Å². The summed E-state index contributed by atoms with van der Waals surface area (Å²) in [5.41, 5.74) is 3.44. The van der Waals surface area contributed by atoms with Gasteiger partial charge in [-0.2, -0.15) is 0 Å². The molecule has 120 valence electrons. The monoisotopic (exact) mass is 300 g/mol. The van der Waals surface area contributed by atoms with Crippen LogP contribution >= 0.6 is 0 Å². The Morgan fingerprint density at radius 1 is 1.27 bits per heavy atom. The predicted molar refractivity (Wildman–Crippen MR) is 87.3 cm³/mol. The molecule has 0 saturated heterocycles. The highest BCUT2D eigenvalue weighted by atomic mass is 16.5. The first-order valence-electron chi connectivity index (χ1n) is 9.16. The molecule has 0 heterocycles. The Balaban J connectivity index is 1.63. The summed E-state index contributed by atoms with van der Waals surface area (Å²) in [6.07, 6.45) is 12.4. The summed E-state index contributed by atoms with van der Waals surface area (Å²) < 4.78 is 5.48. The highest BCUT2D eigenvalue weighted by Gasteiger charge is 2.56. The lowest BCUT2D eigenvalue weighted by molar-refractivity contribution is -0.131. The Labute approximate surface area is 134 Å². The predicted octanol–water partition coefficient (Wildman–Crippen LogP) is 4.80. The van der Waals surface area contributed by atoms with Gasteiger partial charge in [0.25, 0.3) is 0 Å². The molecule has 0 aliphatic heterocycles. The third-order valence-electron chi connectivity index (χ3n) is 7.39. The van der Waals surface area contributed by atoms with Gasteiger partial charge in [0.1, 0.15) is 5.78 Å². The molecule has 2 nitrogen and oxygen atoms in total. The fourth-order valence-corrected chi connectivity index (χ4v) is 6.27. The molecule has 2 saturated carbocycles. The number of hydrogen-bond acceptors (Lipinski definition) is 2. The molecule has 4 aliphatic carbocycles. The van der Waals surface area contributed by atoms with Gasteiger partial charge in [-0.15, -0.1) is 0 Å². The van der Waals surface area contributed by atoms with Crippen LogP contribution in [0.1, 0.15) is 64.7 Å². The highest BCUT2D eigenvalue weighted by molar-refractivity contribution is 5.87. The number of fused-ring (bicyclic) bond motifs is 4. The summed E-state index contributed by atoms with van der Waals surface area (Å²) in [7, 11) is 1.80. The first-order chi connectivity index (χ1) is 10.7. The number of carbonyl (C=O) groups excluding carboxylic acids is 1. The second-order valence-electron chi connectivity index (χ2n) is 7.81. The molecule has 0 aromatic carbocycles. The second-order valence-corrected chi connectivity index (χ2v) is 7.81. The fourth-order valence-electron chi connectivity index (χ4n) is 6.27. The van der Waals surface area contributed by atoms with Gasteiger partial charge in [-0.05, 0) is 68.8 Å². The second kappa shape index (κ2) is 5.25. The summed E-state index contributed by atoms with van der Waals surface area (Å²) in [6, 6.07) is 0. The lowest BCUT2D eigenvalue weighted by Crippen LogP contribution is -2.45. The Morgan fingerprint density at radius 3 is 2.91 bits per heavy atom. The zero-order chi connectivity index (χ0) is 15.3. The highest BCUT2D eigenvalue weighted by Crippen LogP contribution is 2.61. The number of allylic oxidation sites excluding steroid dienone is 3. The average Bonchev–Trinajstić information content (AvgIpc) is 2.91. The molecule has 0 radical (unpaired) electrons. The van der Waals surface area contributed by atoms with E-state index in [1.165, 1.54) is 19.3 Å². The molecule has 4 rings (SSSR count). The smallest absolute Gasteiger partial charge is 0.139 e. The van der Waals surface area contributed by atoms with Crippen molar-refractivity contribution in [2.75, 3.05) is 7.11 Å². The summed E-state index contributed by atoms with van der Waals surface area (Å²) in [4.78, 5) is 12.6. The van der Waals surface area contributed by atoms with Gasteiger partial charge in [0, 0.05) is 18.3 Å². The maximum Gasteiger partial charge on any atom is 0.139 e. The van der Waals surface area contributed by atoms with Gasteiger partial charge in [-0.25, -0.2) is 0 Å². The SMILES string of the molecule is CC[C@]12CCC3C4=C(CC[C@H]3C1CCC2=O)CC(OC)=CC4. The van der Waals surface area contributed by atoms with Crippen LogP contribution in [0.3, 0.4) is 0 Å². The van der Waals surface area contributed by atoms with Crippen LogP contribution in [0.4, 0.5) is 0 Å². The molecule has 0 spiro atoms. The van der Waals surface area contributed by atoms with Gasteiger partial charge in [-0.1, -0.05) is 18.1 Å². The van der Waals surface area contributed by atoms with Crippen molar-refractivity contribution in [3.63, 3.8) is 0 Å². The van der Waals surface area contributed by atoms with Gasteiger partial charge in [0.2, 0.25) is 0 Å². The van der Waals surface area contributed by atoms with Crippen molar-refractivity contribution in [1.29, 1.82) is 0 Å². The van der Waals surface area contributed by atoms with Crippen LogP contribution in [-0.4, -0.2) is 12.9 Å². The van der Waals surface area contributed by atoms with Crippen molar-refractivity contribution < 1.29 is 9.53 Å². The Hall–Kier alpha value is -1.05. The van der Waals surface area contributed by atoms with E-state index < -0.39 is 0 Å². The van der Waals surface area contributed by atoms with Crippen molar-refractivity contribution in [3.8, 4) is 0 Å². The Kier molecular flexibility index (Phi) is 3.47. The van der Waals surface area contributed by atoms with Crippen molar-refractivity contribution >= 4 is 5.78 Å². The third-order valence-corrected chi connectivity index (χ3v) is 7.39. The van der Waals surface area contributed by atoms with E-state index in [9.17, 15) is 4.79 Å². The van der Waals surface area contributed by atoms with Crippen LogP contribution in [0.2, 0.25) is 0 Å². The Morgan fingerprint density at radius 2 is 2.14 bits per heavy atom. The van der Waals surface area contributed by atoms with Gasteiger partial charge < -0.3 is 4.74 Å². The van der Waals surface area contributed by atoms with E-state index in [1.807, 2.05) is 0 Å². The van der Waals surface area contributed by atoms with Crippen molar-refractivity contribution in [3.05, 3.63) is 23.0 Å². The molecule has 22 heavy (non-hydrogen) atoms. The molecule has 0 amide bonds. The molecular formula is C20H28O2. The van der Waals surface area contributed by atoms with Gasteiger partial charge in [0.15, 0.2) is 0 Å². The van der Waals surface area contributed by atoms with E-state index in [0.29, 0.717) is 11.7 Å². The maximum atomic E-state index is 12.6. The van der Waals surface area contributed by atoms with Crippen LogP contribution < -0.4 is 0 Å². The zero-order valence-electron chi connectivity index (χ0n) is 14.0. The summed E-state index contributed by atoms with van der Waals surface area (Å²) in [6.45, 7) is 2.25. The topological polar surface area (TPSA) is 26.3 Å². The number of ether oxygens (including phenoxy) is 1. The zero-order valence-corrected chi connectivity index (χ0v) is 14.0. The number of carbonyl (C=O) groups is 1. The molecule has 0 aromatic rings. The number of rotatable bonds is 2. The number of Topliss-reactive ketones (excluding diaryl/α,β-unsaturated/α-hetero) is 1. The van der Waals surface area contributed by atoms with Gasteiger partial charge in [-0.3, -0.25) is 4.79 Å². The minimum atomic E-state index is 0.0570. The van der Waals surface area contributed by atoms with E-state index in [2.05, 4.69) is 13.0 Å². The van der Waals surface area contributed by atoms with Crippen LogP contribution in [0, 0.1) is 23.2 Å². The van der Waals surface area contributed by atoms with E-state index in [0.717, 1.165) is 56.1 Å². The van der Waals surface area contributed by atoms with Gasteiger partial charge in [0.05, 0.1) is 12.9 Å². The van der Waals surface area contributed by atoms with Crippen LogP contribution in [-0.2, 0) is 9.53 Å². The number of hydrogen-bond donors (Lipinski definition) is 0. The molecule has 0 N–H and O–H groups in total. The molecular weight excluding hydrogens is 272 g/mol. The minimum Gasteiger partial charge on any atom is -0.501 e. The molecule has 2 heteroatoms. The molecule has 4 aliphatic rings. The maximum absolute atomic E-state index is 12.6. The summed E-state index contributed by atoms with van der Waals surface area (Å²) in [5.74, 6) is 3.95. The molecule has 2 unspecified atom stereocenters. The quantitative estimate of drug-likeness (QED) is 0.685. The van der Waals surface area contributed by atoms with Crippen LogP contribution in [0.5, 0.6) is 0 Å². The molecule has 4 atom stereocenters. The van der Waals surface area contributed by atoms with Crippen LogP contribution in [0.15, 0.2) is 23.0 Å². The van der Waals surface area contributed by atoms with E-state index in [4.69, 9.17) is 4.74 Å². The van der Waals surface area contributed by atoms with Crippen LogP contribution in [0.25, 0.3) is 0 Å². The average molecular weight is 300 g/mol. The van der Waals surface area contributed by atoms with Crippen molar-refractivity contribution in [1.82, 2.24) is 0 Å². The van der Waals surface area contributed by atoms with Crippen molar-refractivity contribution in [2.24, 2.45) is 23.2 Å². The molecule has 0 bridgehead atoms. The summed E-state index contributed by atoms with van der Waals surface area (Å²) in [5, 5.41) is 0. The summed E-state index contributed by atoms with van der Waals surface area (Å²) >= 11 is 0. The lowest BCUT2D eigenvalue weighted by Gasteiger charge is -2.50. The van der Waals surface area contributed by atoms with E-state index in [-0.39, 0.29) is 5.41 Å². The fraction of sp³-hybridized carbons (Fsp3) is 0.750. The van der Waals surface area contributed by atoms with E-state index >= 15 is 0 Å². The van der Waals surface area contributed by atoms with E-state index in [1.54, 1.807) is 18.3 Å². The minimum absolute atomic E-state index is 0.0570. The van der Waals surface area contributed by atoms with Crippen molar-refractivity contribution in [2.45, 2.75) is 64.7 Å². The first kappa shape index (κ1) is 14.5. The first-order valence-corrected chi connectivity index (χ1v) is 9.16. The lowest BCUT2D eigenvalue weighted by atomic mass is 9.53. The number of methoxy groups -OCH3 is 1. The normalized spacial score (nSPS) is 40.7. The largest absolute Gasteiger partial charge is 0.501 e. The number of ketones is 1. The molecule has 2 fully saturated rings. The third kappa shape index (κ3) is 1.88. The Bertz CT molecular complexity index is 556. The molecule has 0 aromatic heterocycles. The standard InChI is InChI=1S/C20H28O2/c1-3-20-11-10-16-15-7-5-14(22-2)12-13(15)4-6-17(16)18(20)8-9-19(20)21/h5,16-18H,3-4,6-12H2,1-2H3/t16?,17-,18?,20+/m1/s1.